The Morgan fingerprint density at radius 2 is 2.05 bits per heavy atom. The number of carbonyl (C=O) groups is 1. The zero-order chi connectivity index (χ0) is 14.7. The van der Waals surface area contributed by atoms with Crippen LogP contribution in [0, 0.1) is 0 Å². The third-order valence-corrected chi connectivity index (χ3v) is 3.34. The predicted molar refractivity (Wildman–Crippen MR) is 75.5 cm³/mol. The first-order valence-corrected chi connectivity index (χ1v) is 6.61. The maximum Gasteiger partial charge on any atom is 0.254 e. The number of amides is 1. The quantitative estimate of drug-likeness (QED) is 0.375. The summed E-state index contributed by atoms with van der Waals surface area (Å²) in [5, 5.41) is 12.3. The van der Waals surface area contributed by atoms with Gasteiger partial charge in [0.05, 0.1) is 13.2 Å². The third-order valence-electron chi connectivity index (χ3n) is 2.91. The largest absolute Gasteiger partial charge is 0.409 e. The Morgan fingerprint density at radius 1 is 1.40 bits per heavy atom. The van der Waals surface area contributed by atoms with Crippen molar-refractivity contribution in [3.05, 3.63) is 33.8 Å². The van der Waals surface area contributed by atoms with Gasteiger partial charge in [-0.1, -0.05) is 28.4 Å². The van der Waals surface area contributed by atoms with Crippen molar-refractivity contribution in [1.82, 2.24) is 4.90 Å². The highest BCUT2D eigenvalue weighted by Gasteiger charge is 2.27. The van der Waals surface area contributed by atoms with Gasteiger partial charge in [-0.15, -0.1) is 0 Å². The van der Waals surface area contributed by atoms with E-state index in [1.807, 2.05) is 0 Å². The van der Waals surface area contributed by atoms with Gasteiger partial charge in [0.15, 0.2) is 5.84 Å². The van der Waals surface area contributed by atoms with E-state index in [2.05, 4.69) is 5.16 Å². The van der Waals surface area contributed by atoms with Crippen molar-refractivity contribution in [2.75, 3.05) is 19.7 Å². The van der Waals surface area contributed by atoms with Gasteiger partial charge in [0.2, 0.25) is 0 Å². The zero-order valence-corrected chi connectivity index (χ0v) is 11.9. The van der Waals surface area contributed by atoms with Gasteiger partial charge in [-0.25, -0.2) is 0 Å². The molecule has 1 aromatic rings. The van der Waals surface area contributed by atoms with Gasteiger partial charge in [0, 0.05) is 22.2 Å². The second-order valence-electron chi connectivity index (χ2n) is 4.29. The average Bonchev–Trinajstić information content (AvgIpc) is 2.44. The molecular weight excluding hydrogens is 305 g/mol. The number of nitrogens with two attached hydrogens (primary N) is 1. The minimum absolute atomic E-state index is 0.0633. The number of amidine groups is 1. The fraction of sp³-hybridized carbons (Fsp3) is 0.333. The molecule has 6 nitrogen and oxygen atoms in total. The molecule has 1 aromatic carbocycles. The first-order valence-electron chi connectivity index (χ1n) is 5.85. The predicted octanol–water partition coefficient (Wildman–Crippen LogP) is 1.58. The van der Waals surface area contributed by atoms with Gasteiger partial charge >= 0.3 is 0 Å². The van der Waals surface area contributed by atoms with E-state index in [0.29, 0.717) is 28.8 Å². The minimum atomic E-state index is -0.618. The highest BCUT2D eigenvalue weighted by molar-refractivity contribution is 6.35. The van der Waals surface area contributed by atoms with Crippen LogP contribution in [0.3, 0.4) is 0 Å². The summed E-state index contributed by atoms with van der Waals surface area (Å²) in [6.45, 7) is 0.929. The summed E-state index contributed by atoms with van der Waals surface area (Å²) in [7, 11) is 0. The summed E-state index contributed by atoms with van der Waals surface area (Å²) in [4.78, 5) is 13.9. The summed E-state index contributed by atoms with van der Waals surface area (Å²) in [6, 6.07) is 4.64. The summed E-state index contributed by atoms with van der Waals surface area (Å²) < 4.78 is 5.33. The molecule has 1 amide bonds. The van der Waals surface area contributed by atoms with E-state index >= 15 is 0 Å². The lowest BCUT2D eigenvalue weighted by Gasteiger charge is -2.32. The number of hydrogen-bond acceptors (Lipinski definition) is 4. The Balaban J connectivity index is 2.16. The van der Waals surface area contributed by atoms with Gasteiger partial charge in [-0.3, -0.25) is 4.79 Å². The fourth-order valence-electron chi connectivity index (χ4n) is 1.94. The van der Waals surface area contributed by atoms with Crippen molar-refractivity contribution in [1.29, 1.82) is 0 Å². The number of morpholine rings is 1. The Kier molecular flexibility index (Phi) is 4.69. The third kappa shape index (κ3) is 3.33. The molecule has 0 radical (unpaired) electrons. The van der Waals surface area contributed by atoms with E-state index in [9.17, 15) is 4.79 Å². The number of nitrogens with zero attached hydrogens (tertiary/aromatic N) is 2. The molecule has 3 N–H and O–H groups in total. The van der Waals surface area contributed by atoms with Crippen molar-refractivity contribution >= 4 is 34.9 Å². The zero-order valence-electron chi connectivity index (χ0n) is 10.4. The van der Waals surface area contributed by atoms with Crippen LogP contribution >= 0.6 is 23.2 Å². The molecule has 1 atom stereocenters. The van der Waals surface area contributed by atoms with Crippen LogP contribution in [0.5, 0.6) is 0 Å². The molecule has 1 fully saturated rings. The number of hydrogen-bond donors (Lipinski definition) is 2. The van der Waals surface area contributed by atoms with Crippen LogP contribution in [0.4, 0.5) is 0 Å². The van der Waals surface area contributed by atoms with Crippen LogP contribution in [0.15, 0.2) is 23.4 Å². The Bertz CT molecular complexity index is 530. The first-order chi connectivity index (χ1) is 9.51. The topological polar surface area (TPSA) is 88.2 Å². The number of ether oxygens (including phenoxy) is 1. The molecular formula is C12H13Cl2N3O3. The molecule has 1 heterocycles. The van der Waals surface area contributed by atoms with E-state index in [-0.39, 0.29) is 18.3 Å². The van der Waals surface area contributed by atoms with Crippen LogP contribution in [-0.4, -0.2) is 47.7 Å². The van der Waals surface area contributed by atoms with Crippen molar-refractivity contribution in [3.63, 3.8) is 0 Å². The summed E-state index contributed by atoms with van der Waals surface area (Å²) in [5.74, 6) is -0.292. The summed E-state index contributed by atoms with van der Waals surface area (Å²) in [5.41, 5.74) is 5.88. The molecule has 2 rings (SSSR count). The van der Waals surface area contributed by atoms with Crippen molar-refractivity contribution in [2.24, 2.45) is 10.9 Å². The lowest BCUT2D eigenvalue weighted by molar-refractivity contribution is 0.00676. The molecule has 8 heteroatoms. The lowest BCUT2D eigenvalue weighted by Crippen LogP contribution is -2.50. The number of halogens is 2. The molecule has 0 saturated carbocycles. The molecule has 1 unspecified atom stereocenters. The molecule has 1 aliphatic rings. The van der Waals surface area contributed by atoms with Gasteiger partial charge in [0.1, 0.15) is 6.10 Å². The molecule has 0 bridgehead atoms. The molecule has 1 aliphatic heterocycles. The maximum atomic E-state index is 12.4. The highest BCUT2D eigenvalue weighted by Crippen LogP contribution is 2.21. The van der Waals surface area contributed by atoms with Crippen LogP contribution in [0.1, 0.15) is 10.4 Å². The average molecular weight is 318 g/mol. The van der Waals surface area contributed by atoms with Crippen LogP contribution < -0.4 is 5.73 Å². The summed E-state index contributed by atoms with van der Waals surface area (Å²) in [6.07, 6.45) is -0.618. The molecule has 0 spiro atoms. The van der Waals surface area contributed by atoms with Crippen molar-refractivity contribution in [3.8, 4) is 0 Å². The van der Waals surface area contributed by atoms with Gasteiger partial charge in [-0.05, 0) is 18.2 Å². The van der Waals surface area contributed by atoms with E-state index in [1.165, 1.54) is 0 Å². The van der Waals surface area contributed by atoms with Crippen molar-refractivity contribution in [2.45, 2.75) is 6.10 Å². The number of oxime groups is 1. The van der Waals surface area contributed by atoms with Gasteiger partial charge < -0.3 is 20.6 Å². The number of carbonyl (C=O) groups excluding carboxylic acids is 1. The molecule has 0 aromatic heterocycles. The van der Waals surface area contributed by atoms with Crippen LogP contribution in [-0.2, 0) is 4.74 Å². The Morgan fingerprint density at radius 3 is 2.65 bits per heavy atom. The molecule has 0 aliphatic carbocycles. The standard InChI is InChI=1S/C12H13Cl2N3O3/c13-8-3-7(4-9(14)5-8)12(18)17-1-2-20-10(6-17)11(15)16-19/h3-5,10,19H,1-2,6H2,(H2,15,16). The maximum absolute atomic E-state index is 12.4. The van der Waals surface area contributed by atoms with E-state index < -0.39 is 6.10 Å². The van der Waals surface area contributed by atoms with Crippen LogP contribution in [0.2, 0.25) is 10.0 Å². The smallest absolute Gasteiger partial charge is 0.254 e. The monoisotopic (exact) mass is 317 g/mol. The van der Waals surface area contributed by atoms with E-state index in [4.69, 9.17) is 38.9 Å². The molecule has 108 valence electrons. The molecule has 1 saturated heterocycles. The van der Waals surface area contributed by atoms with Crippen molar-refractivity contribution < 1.29 is 14.7 Å². The Labute approximate surface area is 125 Å². The number of rotatable bonds is 2. The minimum Gasteiger partial charge on any atom is -0.409 e. The lowest BCUT2D eigenvalue weighted by atomic mass is 10.1. The molecule has 20 heavy (non-hydrogen) atoms. The van der Waals surface area contributed by atoms with E-state index in [0.717, 1.165) is 0 Å². The fourth-order valence-corrected chi connectivity index (χ4v) is 2.46. The van der Waals surface area contributed by atoms with Crippen LogP contribution in [0.25, 0.3) is 0 Å². The van der Waals surface area contributed by atoms with Gasteiger partial charge in [-0.2, -0.15) is 0 Å². The highest BCUT2D eigenvalue weighted by atomic mass is 35.5. The summed E-state index contributed by atoms with van der Waals surface area (Å²) >= 11 is 11.8. The Hall–Kier alpha value is -1.50. The normalized spacial score (nSPS) is 20.0. The second kappa shape index (κ2) is 6.30. The SMILES string of the molecule is NC(=NO)C1CN(C(=O)c2cc(Cl)cc(Cl)c2)CCO1. The van der Waals surface area contributed by atoms with Gasteiger partial charge in [0.25, 0.3) is 5.91 Å². The first kappa shape index (κ1) is 14.9. The number of benzene rings is 1. The second-order valence-corrected chi connectivity index (χ2v) is 5.17. The van der Waals surface area contributed by atoms with E-state index in [1.54, 1.807) is 23.1 Å².